The maximum Gasteiger partial charge on any atom is 0.407 e. The summed E-state index contributed by atoms with van der Waals surface area (Å²) in [4.78, 5) is 45.7. The van der Waals surface area contributed by atoms with Crippen LogP contribution in [0.1, 0.15) is 74.1 Å². The number of piperidine rings is 1. The molecule has 2 unspecified atom stereocenters. The van der Waals surface area contributed by atoms with Crippen LogP contribution in [0.2, 0.25) is 0 Å². The molecular formula is C32H40F2N8O5. The van der Waals surface area contributed by atoms with Crippen LogP contribution in [-0.2, 0) is 16.1 Å². The predicted octanol–water partition coefficient (Wildman–Crippen LogP) is 4.05. The second-order valence-corrected chi connectivity index (χ2v) is 13.3. The third-order valence-corrected chi connectivity index (χ3v) is 8.58. The molecule has 252 valence electrons. The maximum atomic E-state index is 14.9. The number of aromatic nitrogens is 4. The van der Waals surface area contributed by atoms with Crippen LogP contribution in [0, 0.1) is 11.6 Å². The SMILES string of the molecule is COCc1noc(N2CCC(N(C(=O)c3cnc(N4CC(NC(=O)OC(C)(C)C)C(c5cc(F)ccc5F)C4)nc3)C3CC3)CC2)n1. The standard InChI is InChI=1S/C32H40F2N8O5/c1-32(2,3)46-31(44)37-26-17-41(16-24(26)23-13-20(33)5-8-25(23)34)29-35-14-19(15-36-29)28(43)42(21-6-7-21)22-9-11-40(12-10-22)30-38-27(18-45-4)39-47-30/h5,8,13-15,21-22,24,26H,6-7,9-12,16-18H2,1-4H3,(H,37,44). The average molecular weight is 655 g/mol. The van der Waals surface area contributed by atoms with Gasteiger partial charge in [0.15, 0.2) is 5.82 Å². The van der Waals surface area contributed by atoms with E-state index in [2.05, 4.69) is 25.4 Å². The molecule has 0 radical (unpaired) electrons. The lowest BCUT2D eigenvalue weighted by Gasteiger charge is -2.38. The molecule has 15 heteroatoms. The van der Waals surface area contributed by atoms with Crippen LogP contribution in [0.5, 0.6) is 0 Å². The molecule has 0 bridgehead atoms. The third-order valence-electron chi connectivity index (χ3n) is 8.58. The van der Waals surface area contributed by atoms with Crippen LogP contribution in [0.25, 0.3) is 0 Å². The van der Waals surface area contributed by atoms with Crippen molar-refractivity contribution in [2.45, 2.75) is 82.7 Å². The summed E-state index contributed by atoms with van der Waals surface area (Å²) < 4.78 is 45.0. The molecule has 3 aromatic rings. The van der Waals surface area contributed by atoms with Crippen molar-refractivity contribution in [3.8, 4) is 0 Å². The van der Waals surface area contributed by atoms with Crippen molar-refractivity contribution in [2.75, 3.05) is 43.1 Å². The molecule has 2 amide bonds. The Bertz CT molecular complexity index is 1570. The minimum Gasteiger partial charge on any atom is -0.444 e. The molecule has 2 aliphatic heterocycles. The lowest BCUT2D eigenvalue weighted by molar-refractivity contribution is 0.0503. The Balaban J connectivity index is 1.14. The van der Waals surface area contributed by atoms with Gasteiger partial charge in [0.1, 0.15) is 23.8 Å². The minimum atomic E-state index is -0.735. The van der Waals surface area contributed by atoms with Gasteiger partial charge < -0.3 is 34.0 Å². The van der Waals surface area contributed by atoms with Gasteiger partial charge in [-0.1, -0.05) is 5.16 Å². The number of methoxy groups -OCH3 is 1. The van der Waals surface area contributed by atoms with E-state index in [1.807, 2.05) is 9.80 Å². The lowest BCUT2D eigenvalue weighted by atomic mass is 9.94. The number of rotatable bonds is 9. The quantitative estimate of drug-likeness (QED) is 0.358. The Kier molecular flexibility index (Phi) is 9.26. The topological polar surface area (TPSA) is 139 Å². The van der Waals surface area contributed by atoms with Crippen molar-refractivity contribution in [1.82, 2.24) is 30.3 Å². The first-order chi connectivity index (χ1) is 22.5. The summed E-state index contributed by atoms with van der Waals surface area (Å²) in [6.45, 7) is 7.31. The van der Waals surface area contributed by atoms with E-state index >= 15 is 0 Å². The van der Waals surface area contributed by atoms with Crippen molar-refractivity contribution in [1.29, 1.82) is 0 Å². The number of nitrogens with one attached hydrogen (secondary N) is 1. The van der Waals surface area contributed by atoms with Crippen molar-refractivity contribution >= 4 is 24.0 Å². The molecule has 0 spiro atoms. The summed E-state index contributed by atoms with van der Waals surface area (Å²) in [6.07, 6.45) is 5.77. The molecule has 1 N–H and O–H groups in total. The molecule has 6 rings (SSSR count). The maximum absolute atomic E-state index is 14.9. The van der Waals surface area contributed by atoms with E-state index in [4.69, 9.17) is 14.0 Å². The summed E-state index contributed by atoms with van der Waals surface area (Å²) in [5.41, 5.74) is -0.221. The van der Waals surface area contributed by atoms with Crippen LogP contribution in [0.15, 0.2) is 35.1 Å². The van der Waals surface area contributed by atoms with Crippen molar-refractivity contribution in [3.05, 3.63) is 59.2 Å². The second kappa shape index (κ2) is 13.4. The van der Waals surface area contributed by atoms with Crippen molar-refractivity contribution in [2.24, 2.45) is 0 Å². The molecule has 3 fully saturated rings. The lowest BCUT2D eigenvalue weighted by Crippen LogP contribution is -2.48. The van der Waals surface area contributed by atoms with Gasteiger partial charge in [0.25, 0.3) is 5.91 Å². The largest absolute Gasteiger partial charge is 0.444 e. The molecule has 3 aliphatic rings. The van der Waals surface area contributed by atoms with Crippen molar-refractivity contribution < 1.29 is 32.4 Å². The summed E-state index contributed by atoms with van der Waals surface area (Å²) in [7, 11) is 1.57. The second-order valence-electron chi connectivity index (χ2n) is 13.3. The zero-order valence-corrected chi connectivity index (χ0v) is 27.0. The number of benzene rings is 1. The van der Waals surface area contributed by atoms with Gasteiger partial charge in [-0.15, -0.1) is 0 Å². The van der Waals surface area contributed by atoms with E-state index in [1.54, 1.807) is 32.8 Å². The van der Waals surface area contributed by atoms with Gasteiger partial charge >= 0.3 is 12.1 Å². The first kappa shape index (κ1) is 32.5. The van der Waals surface area contributed by atoms with Gasteiger partial charge in [0.05, 0.1) is 11.6 Å². The summed E-state index contributed by atoms with van der Waals surface area (Å²) in [5.74, 6) is -1.07. The third kappa shape index (κ3) is 7.61. The number of halogens is 2. The Morgan fingerprint density at radius 2 is 1.74 bits per heavy atom. The Labute approximate surface area is 271 Å². The minimum absolute atomic E-state index is 0.0486. The predicted molar refractivity (Wildman–Crippen MR) is 166 cm³/mol. The van der Waals surface area contributed by atoms with E-state index < -0.39 is 35.3 Å². The highest BCUT2D eigenvalue weighted by atomic mass is 19.1. The zero-order valence-electron chi connectivity index (χ0n) is 27.0. The van der Waals surface area contributed by atoms with Crippen LogP contribution < -0.4 is 15.1 Å². The molecule has 1 aromatic carbocycles. The van der Waals surface area contributed by atoms with Gasteiger partial charge in [-0.05, 0) is 70.2 Å². The van der Waals surface area contributed by atoms with Crippen LogP contribution >= 0.6 is 0 Å². The molecular weight excluding hydrogens is 614 g/mol. The van der Waals surface area contributed by atoms with Gasteiger partial charge in [-0.25, -0.2) is 23.5 Å². The fourth-order valence-electron chi connectivity index (χ4n) is 6.31. The number of carbonyl (C=O) groups is 2. The van der Waals surface area contributed by atoms with Gasteiger partial charge in [-0.2, -0.15) is 4.98 Å². The number of anilines is 2. The average Bonchev–Trinajstić information content (AvgIpc) is 3.60. The first-order valence-electron chi connectivity index (χ1n) is 15.9. The molecule has 2 aromatic heterocycles. The highest BCUT2D eigenvalue weighted by molar-refractivity contribution is 5.94. The smallest absolute Gasteiger partial charge is 0.407 e. The number of amides is 2. The van der Waals surface area contributed by atoms with E-state index in [9.17, 15) is 18.4 Å². The summed E-state index contributed by atoms with van der Waals surface area (Å²) in [5, 5.41) is 6.76. The van der Waals surface area contributed by atoms with Crippen LogP contribution in [-0.4, -0.2) is 94.0 Å². The molecule has 47 heavy (non-hydrogen) atoms. The van der Waals surface area contributed by atoms with Crippen LogP contribution in [0.3, 0.4) is 0 Å². The van der Waals surface area contributed by atoms with E-state index in [0.29, 0.717) is 36.4 Å². The van der Waals surface area contributed by atoms with Gasteiger partial charge in [-0.3, -0.25) is 4.79 Å². The van der Waals surface area contributed by atoms with E-state index in [-0.39, 0.29) is 43.3 Å². The number of hydrogen-bond donors (Lipinski definition) is 1. The molecule has 1 aliphatic carbocycles. The molecule has 2 atom stereocenters. The van der Waals surface area contributed by atoms with Crippen LogP contribution in [0.4, 0.5) is 25.5 Å². The summed E-state index contributed by atoms with van der Waals surface area (Å²) in [6, 6.07) is 3.35. The number of alkyl carbamates (subject to hydrolysis) is 1. The molecule has 4 heterocycles. The highest BCUT2D eigenvalue weighted by Crippen LogP contribution is 2.35. The zero-order chi connectivity index (χ0) is 33.3. The highest BCUT2D eigenvalue weighted by Gasteiger charge is 2.41. The Hall–Kier alpha value is -4.40. The Morgan fingerprint density at radius 3 is 2.40 bits per heavy atom. The van der Waals surface area contributed by atoms with E-state index in [0.717, 1.165) is 43.9 Å². The molecule has 13 nitrogen and oxygen atoms in total. The monoisotopic (exact) mass is 654 g/mol. The fourth-order valence-corrected chi connectivity index (χ4v) is 6.31. The molecule has 1 saturated carbocycles. The number of hydrogen-bond acceptors (Lipinski definition) is 11. The molecule has 2 saturated heterocycles. The van der Waals surface area contributed by atoms with Gasteiger partial charge in [0, 0.05) is 63.7 Å². The number of carbonyl (C=O) groups excluding carboxylic acids is 2. The van der Waals surface area contributed by atoms with Gasteiger partial charge in [0.2, 0.25) is 5.95 Å². The fraction of sp³-hybridized carbons (Fsp3) is 0.562. The van der Waals surface area contributed by atoms with Crippen molar-refractivity contribution in [3.63, 3.8) is 0 Å². The Morgan fingerprint density at radius 1 is 1.04 bits per heavy atom. The first-order valence-corrected chi connectivity index (χ1v) is 15.9. The number of nitrogens with zero attached hydrogens (tertiary/aromatic N) is 7. The summed E-state index contributed by atoms with van der Waals surface area (Å²) >= 11 is 0. The van der Waals surface area contributed by atoms with E-state index in [1.165, 1.54) is 12.4 Å². The number of ether oxygens (including phenoxy) is 2. The normalized spacial score (nSPS) is 20.4.